The summed E-state index contributed by atoms with van der Waals surface area (Å²) in [5.41, 5.74) is 0.835. The van der Waals surface area contributed by atoms with Crippen LogP contribution in [0.4, 0.5) is 5.82 Å². The number of thiophene rings is 1. The number of hydrogen-bond donors (Lipinski definition) is 1. The Kier molecular flexibility index (Phi) is 5.20. The zero-order chi connectivity index (χ0) is 17.1. The van der Waals surface area contributed by atoms with Gasteiger partial charge in [0.2, 0.25) is 0 Å². The number of halogens is 1. The molecule has 0 radical (unpaired) electrons. The van der Waals surface area contributed by atoms with E-state index in [2.05, 4.69) is 43.3 Å². The summed E-state index contributed by atoms with van der Waals surface area (Å²) >= 11 is 5.24. The molecular weight excluding hydrogens is 390 g/mol. The van der Waals surface area contributed by atoms with Gasteiger partial charge in [0, 0.05) is 22.9 Å². The standard InChI is InChI=1S/C17H18BrN3O2S/c1-10-20-13-9-15(23-3)14(22-2)8-12(13)17(21-10)19-7-6-11-4-5-16(18)24-11/h4-5,8-9H,6-7H2,1-3H3,(H,19,20,21). The van der Waals surface area contributed by atoms with Crippen molar-refractivity contribution in [2.24, 2.45) is 0 Å². The maximum absolute atomic E-state index is 5.39. The van der Waals surface area contributed by atoms with Crippen LogP contribution in [0.2, 0.25) is 0 Å². The van der Waals surface area contributed by atoms with Gasteiger partial charge in [-0.3, -0.25) is 0 Å². The number of rotatable bonds is 6. The van der Waals surface area contributed by atoms with Crippen LogP contribution < -0.4 is 14.8 Å². The molecule has 0 fully saturated rings. The highest BCUT2D eigenvalue weighted by molar-refractivity contribution is 9.11. The summed E-state index contributed by atoms with van der Waals surface area (Å²) in [5.74, 6) is 2.87. The van der Waals surface area contributed by atoms with Gasteiger partial charge >= 0.3 is 0 Å². The van der Waals surface area contributed by atoms with Crippen LogP contribution in [-0.4, -0.2) is 30.7 Å². The molecule has 2 aromatic heterocycles. The first-order chi connectivity index (χ1) is 11.6. The van der Waals surface area contributed by atoms with Gasteiger partial charge in [-0.2, -0.15) is 0 Å². The maximum atomic E-state index is 5.39. The largest absolute Gasteiger partial charge is 0.493 e. The number of benzene rings is 1. The molecule has 0 spiro atoms. The Morgan fingerprint density at radius 3 is 2.54 bits per heavy atom. The topological polar surface area (TPSA) is 56.3 Å². The molecule has 0 aliphatic rings. The summed E-state index contributed by atoms with van der Waals surface area (Å²) in [7, 11) is 3.25. The molecule has 0 saturated heterocycles. The summed E-state index contributed by atoms with van der Waals surface area (Å²) < 4.78 is 11.9. The molecule has 5 nitrogen and oxygen atoms in total. The first kappa shape index (κ1) is 17.0. The highest BCUT2D eigenvalue weighted by atomic mass is 79.9. The molecule has 0 atom stereocenters. The van der Waals surface area contributed by atoms with E-state index < -0.39 is 0 Å². The monoisotopic (exact) mass is 407 g/mol. The molecule has 0 unspecified atom stereocenters. The average Bonchev–Trinajstić information content (AvgIpc) is 2.98. The smallest absolute Gasteiger partial charge is 0.162 e. The van der Waals surface area contributed by atoms with Crippen molar-refractivity contribution in [3.05, 3.63) is 38.8 Å². The van der Waals surface area contributed by atoms with Gasteiger partial charge in [-0.15, -0.1) is 11.3 Å². The lowest BCUT2D eigenvalue weighted by molar-refractivity contribution is 0.356. The van der Waals surface area contributed by atoms with Crippen molar-refractivity contribution in [1.29, 1.82) is 0 Å². The molecule has 24 heavy (non-hydrogen) atoms. The zero-order valence-corrected chi connectivity index (χ0v) is 16.1. The number of methoxy groups -OCH3 is 2. The van der Waals surface area contributed by atoms with E-state index in [-0.39, 0.29) is 0 Å². The molecule has 3 rings (SSSR count). The van der Waals surface area contributed by atoms with E-state index in [1.165, 1.54) is 4.88 Å². The van der Waals surface area contributed by atoms with E-state index >= 15 is 0 Å². The maximum Gasteiger partial charge on any atom is 0.162 e. The summed E-state index contributed by atoms with van der Waals surface area (Å²) in [4.78, 5) is 10.4. The van der Waals surface area contributed by atoms with E-state index in [1.807, 2.05) is 19.1 Å². The van der Waals surface area contributed by atoms with Crippen LogP contribution in [0, 0.1) is 6.92 Å². The second kappa shape index (κ2) is 7.36. The minimum Gasteiger partial charge on any atom is -0.493 e. The van der Waals surface area contributed by atoms with Crippen LogP contribution in [0.3, 0.4) is 0 Å². The van der Waals surface area contributed by atoms with Gasteiger partial charge in [-0.05, 0) is 47.5 Å². The van der Waals surface area contributed by atoms with Gasteiger partial charge in [0.1, 0.15) is 11.6 Å². The third-order valence-electron chi connectivity index (χ3n) is 3.61. The number of aromatic nitrogens is 2. The van der Waals surface area contributed by atoms with Gasteiger partial charge in [0.05, 0.1) is 23.5 Å². The first-order valence-corrected chi connectivity index (χ1v) is 9.10. The Morgan fingerprint density at radius 2 is 1.88 bits per heavy atom. The first-order valence-electron chi connectivity index (χ1n) is 7.49. The van der Waals surface area contributed by atoms with E-state index in [0.29, 0.717) is 11.5 Å². The molecule has 0 aliphatic heterocycles. The molecule has 3 aromatic rings. The van der Waals surface area contributed by atoms with Crippen LogP contribution in [0.25, 0.3) is 10.9 Å². The lowest BCUT2D eigenvalue weighted by Crippen LogP contribution is -2.08. The number of nitrogens with zero attached hydrogens (tertiary/aromatic N) is 2. The normalized spacial score (nSPS) is 10.8. The van der Waals surface area contributed by atoms with Crippen LogP contribution in [0.5, 0.6) is 11.5 Å². The number of hydrogen-bond acceptors (Lipinski definition) is 6. The van der Waals surface area contributed by atoms with Crippen molar-refractivity contribution in [2.75, 3.05) is 26.1 Å². The van der Waals surface area contributed by atoms with Crippen LogP contribution in [0.1, 0.15) is 10.7 Å². The fraction of sp³-hybridized carbons (Fsp3) is 0.294. The van der Waals surface area contributed by atoms with Crippen molar-refractivity contribution < 1.29 is 9.47 Å². The Labute approximate surface area is 153 Å². The van der Waals surface area contributed by atoms with Crippen molar-refractivity contribution in [1.82, 2.24) is 9.97 Å². The van der Waals surface area contributed by atoms with Crippen molar-refractivity contribution >= 4 is 44.0 Å². The molecule has 0 bridgehead atoms. The number of aryl methyl sites for hydroxylation is 1. The third-order valence-corrected chi connectivity index (χ3v) is 5.29. The minimum atomic E-state index is 0.664. The van der Waals surface area contributed by atoms with E-state index in [4.69, 9.17) is 9.47 Å². The molecule has 7 heteroatoms. The third kappa shape index (κ3) is 3.62. The second-order valence-electron chi connectivity index (χ2n) is 5.23. The molecule has 126 valence electrons. The minimum absolute atomic E-state index is 0.664. The summed E-state index contributed by atoms with van der Waals surface area (Å²) in [6.45, 7) is 2.69. The molecule has 1 aromatic carbocycles. The molecule has 0 saturated carbocycles. The number of anilines is 1. The molecular formula is C17H18BrN3O2S. The Hall–Kier alpha value is -1.86. The quantitative estimate of drug-likeness (QED) is 0.654. The zero-order valence-electron chi connectivity index (χ0n) is 13.7. The number of nitrogens with one attached hydrogen (secondary N) is 1. The molecule has 2 heterocycles. The lowest BCUT2D eigenvalue weighted by atomic mass is 10.2. The summed E-state index contributed by atoms with van der Waals surface area (Å²) in [6.07, 6.45) is 0.939. The number of fused-ring (bicyclic) bond motifs is 1. The number of ether oxygens (including phenoxy) is 2. The molecule has 1 N–H and O–H groups in total. The Bertz CT molecular complexity index is 866. The van der Waals surface area contributed by atoms with Crippen molar-refractivity contribution in [3.8, 4) is 11.5 Å². The average molecular weight is 408 g/mol. The van der Waals surface area contributed by atoms with E-state index in [1.54, 1.807) is 25.6 Å². The SMILES string of the molecule is COc1cc2nc(C)nc(NCCc3ccc(Br)s3)c2cc1OC. The fourth-order valence-corrected chi connectivity index (χ4v) is 3.98. The van der Waals surface area contributed by atoms with Crippen molar-refractivity contribution in [2.45, 2.75) is 13.3 Å². The van der Waals surface area contributed by atoms with E-state index in [0.717, 1.165) is 39.3 Å². The summed E-state index contributed by atoms with van der Waals surface area (Å²) in [5, 5.41) is 4.34. The fourth-order valence-electron chi connectivity index (χ4n) is 2.50. The van der Waals surface area contributed by atoms with Gasteiger partial charge in [0.15, 0.2) is 11.5 Å². The molecule has 0 amide bonds. The van der Waals surface area contributed by atoms with Crippen LogP contribution in [0.15, 0.2) is 28.1 Å². The Balaban J connectivity index is 1.88. The predicted octanol–water partition coefficient (Wildman–Crippen LogP) is 4.43. The van der Waals surface area contributed by atoms with Gasteiger partial charge in [-0.1, -0.05) is 0 Å². The summed E-state index contributed by atoms with van der Waals surface area (Å²) in [6, 6.07) is 8.00. The van der Waals surface area contributed by atoms with Crippen LogP contribution in [-0.2, 0) is 6.42 Å². The highest BCUT2D eigenvalue weighted by Crippen LogP contribution is 2.34. The van der Waals surface area contributed by atoms with Crippen LogP contribution >= 0.6 is 27.3 Å². The van der Waals surface area contributed by atoms with Crippen molar-refractivity contribution in [3.63, 3.8) is 0 Å². The van der Waals surface area contributed by atoms with Gasteiger partial charge in [0.25, 0.3) is 0 Å². The second-order valence-corrected chi connectivity index (χ2v) is 7.77. The van der Waals surface area contributed by atoms with Gasteiger partial charge < -0.3 is 14.8 Å². The van der Waals surface area contributed by atoms with E-state index in [9.17, 15) is 0 Å². The van der Waals surface area contributed by atoms with Gasteiger partial charge in [-0.25, -0.2) is 9.97 Å². The lowest BCUT2D eigenvalue weighted by Gasteiger charge is -2.13. The highest BCUT2D eigenvalue weighted by Gasteiger charge is 2.12. The Morgan fingerprint density at radius 1 is 1.12 bits per heavy atom. The predicted molar refractivity (Wildman–Crippen MR) is 102 cm³/mol. The molecule has 0 aliphatic carbocycles.